The van der Waals surface area contributed by atoms with Gasteiger partial charge in [0.25, 0.3) is 16.0 Å². The molecule has 2 aromatic carbocycles. The minimum Gasteiger partial charge on any atom is -0.497 e. The van der Waals surface area contributed by atoms with Crippen LogP contribution in [0.4, 0.5) is 5.95 Å². The maximum atomic E-state index is 13.1. The van der Waals surface area contributed by atoms with E-state index in [-0.39, 0.29) is 25.1 Å². The smallest absolute Gasteiger partial charge is 0.264 e. The number of nitrogens with zero attached hydrogens (tertiary/aromatic N) is 4. The molecule has 0 unspecified atom stereocenters. The summed E-state index contributed by atoms with van der Waals surface area (Å²) in [5.74, 6) is 1.70. The SMILES string of the molecule is COc1ccc(CN(c2ncc(Cl)c(-c3ccc4c(c3)C(=O)N(CCOS(C)(=O)=O)C4)n2)C2CCOCC2)c(OC)c1. The molecule has 1 fully saturated rings. The third-order valence-corrected chi connectivity index (χ3v) is 8.25. The Morgan fingerprint density at radius 3 is 2.62 bits per heavy atom. The van der Waals surface area contributed by atoms with E-state index in [0.717, 1.165) is 30.2 Å². The lowest BCUT2D eigenvalue weighted by atomic mass is 10.0. The third-order valence-electron chi connectivity index (χ3n) is 7.38. The van der Waals surface area contributed by atoms with Crippen molar-refractivity contribution in [3.05, 3.63) is 64.3 Å². The number of hydrogen-bond acceptors (Lipinski definition) is 10. The van der Waals surface area contributed by atoms with Gasteiger partial charge in [-0.3, -0.25) is 8.98 Å². The van der Waals surface area contributed by atoms with Gasteiger partial charge in [-0.25, -0.2) is 9.97 Å². The molecule has 0 aliphatic carbocycles. The summed E-state index contributed by atoms with van der Waals surface area (Å²) in [6.07, 6.45) is 4.19. The molecule has 224 valence electrons. The number of halogens is 1. The standard InChI is InChI=1S/C29H33ClN4O7S/c1-38-23-7-6-21(26(15-23)39-2)18-34(22-8-11-40-12-9-22)29-31-16-25(30)27(32-29)19-4-5-20-17-33(28(35)24(20)14-19)10-13-41-42(3,36)37/h4-7,14-16,22H,8-13,17-18H2,1-3H3. The van der Waals surface area contributed by atoms with Crippen molar-refractivity contribution in [2.75, 3.05) is 51.7 Å². The van der Waals surface area contributed by atoms with Crippen LogP contribution in [0.5, 0.6) is 11.5 Å². The minimum atomic E-state index is -3.59. The van der Waals surface area contributed by atoms with Gasteiger partial charge in [-0.15, -0.1) is 0 Å². The molecule has 0 bridgehead atoms. The lowest BCUT2D eigenvalue weighted by molar-refractivity contribution is 0.0755. The van der Waals surface area contributed by atoms with Crippen molar-refractivity contribution >= 4 is 33.6 Å². The molecule has 0 radical (unpaired) electrons. The average Bonchev–Trinajstić information content (AvgIpc) is 3.30. The van der Waals surface area contributed by atoms with Crippen LogP contribution in [-0.2, 0) is 32.1 Å². The van der Waals surface area contributed by atoms with Crippen LogP contribution in [0.1, 0.15) is 34.3 Å². The number of methoxy groups -OCH3 is 2. The summed E-state index contributed by atoms with van der Waals surface area (Å²) in [6, 6.07) is 11.4. The Bertz CT molecular complexity index is 1560. The van der Waals surface area contributed by atoms with E-state index < -0.39 is 10.1 Å². The van der Waals surface area contributed by atoms with Gasteiger partial charge in [0.1, 0.15) is 11.5 Å². The molecular weight excluding hydrogens is 584 g/mol. The van der Waals surface area contributed by atoms with Gasteiger partial charge in [-0.05, 0) is 36.6 Å². The summed E-state index contributed by atoms with van der Waals surface area (Å²) in [6.45, 7) is 2.19. The number of rotatable bonds is 11. The Hall–Kier alpha value is -3.45. The summed E-state index contributed by atoms with van der Waals surface area (Å²) in [5.41, 5.74) is 3.50. The lowest BCUT2D eigenvalue weighted by Crippen LogP contribution is -2.40. The van der Waals surface area contributed by atoms with Crippen molar-refractivity contribution in [2.45, 2.75) is 32.0 Å². The van der Waals surface area contributed by atoms with Crippen molar-refractivity contribution in [1.82, 2.24) is 14.9 Å². The van der Waals surface area contributed by atoms with Crippen LogP contribution in [0.15, 0.2) is 42.6 Å². The molecule has 1 amide bonds. The topological polar surface area (TPSA) is 120 Å². The predicted octanol–water partition coefficient (Wildman–Crippen LogP) is 3.93. The fraction of sp³-hybridized carbons (Fsp3) is 0.414. The maximum absolute atomic E-state index is 13.1. The number of aromatic nitrogens is 2. The van der Waals surface area contributed by atoms with Crippen LogP contribution < -0.4 is 14.4 Å². The van der Waals surface area contributed by atoms with Crippen molar-refractivity contribution in [2.24, 2.45) is 0 Å². The first-order valence-electron chi connectivity index (χ1n) is 13.5. The average molecular weight is 617 g/mol. The van der Waals surface area contributed by atoms with E-state index in [0.29, 0.717) is 65.6 Å². The van der Waals surface area contributed by atoms with Crippen molar-refractivity contribution in [1.29, 1.82) is 0 Å². The molecule has 0 spiro atoms. The molecule has 1 saturated heterocycles. The predicted molar refractivity (Wildman–Crippen MR) is 158 cm³/mol. The second-order valence-electron chi connectivity index (χ2n) is 10.1. The number of amides is 1. The maximum Gasteiger partial charge on any atom is 0.264 e. The molecule has 13 heteroatoms. The fourth-order valence-corrected chi connectivity index (χ4v) is 5.79. The summed E-state index contributed by atoms with van der Waals surface area (Å²) >= 11 is 6.62. The lowest BCUT2D eigenvalue weighted by Gasteiger charge is -2.35. The van der Waals surface area contributed by atoms with Crippen LogP contribution in [0, 0.1) is 0 Å². The Morgan fingerprint density at radius 1 is 1.12 bits per heavy atom. The minimum absolute atomic E-state index is 0.104. The first-order chi connectivity index (χ1) is 20.2. The van der Waals surface area contributed by atoms with Crippen LogP contribution in [0.25, 0.3) is 11.3 Å². The molecule has 3 heterocycles. The molecular formula is C29H33ClN4O7S. The van der Waals surface area contributed by atoms with E-state index in [9.17, 15) is 13.2 Å². The van der Waals surface area contributed by atoms with E-state index in [1.54, 1.807) is 31.4 Å². The third kappa shape index (κ3) is 6.78. The molecule has 2 aliphatic heterocycles. The van der Waals surface area contributed by atoms with Crippen molar-refractivity contribution in [3.8, 4) is 22.8 Å². The summed E-state index contributed by atoms with van der Waals surface area (Å²) in [4.78, 5) is 26.4. The summed E-state index contributed by atoms with van der Waals surface area (Å²) < 4.78 is 44.1. The highest BCUT2D eigenvalue weighted by Crippen LogP contribution is 2.34. The molecule has 5 rings (SSSR count). The number of ether oxygens (including phenoxy) is 3. The van der Waals surface area contributed by atoms with Gasteiger partial charge < -0.3 is 24.0 Å². The molecule has 42 heavy (non-hydrogen) atoms. The Labute approximate surface area is 250 Å². The summed E-state index contributed by atoms with van der Waals surface area (Å²) in [7, 11) is -0.343. The molecule has 11 nitrogen and oxygen atoms in total. The summed E-state index contributed by atoms with van der Waals surface area (Å²) in [5, 5.41) is 0.358. The Morgan fingerprint density at radius 2 is 1.90 bits per heavy atom. The number of fused-ring (bicyclic) bond motifs is 1. The van der Waals surface area contributed by atoms with Gasteiger partial charge in [-0.1, -0.05) is 23.7 Å². The van der Waals surface area contributed by atoms with Crippen molar-refractivity contribution in [3.63, 3.8) is 0 Å². The zero-order valence-corrected chi connectivity index (χ0v) is 25.3. The highest BCUT2D eigenvalue weighted by molar-refractivity contribution is 7.85. The number of carbonyl (C=O) groups is 1. The monoisotopic (exact) mass is 616 g/mol. The fourth-order valence-electron chi connectivity index (χ4n) is 5.21. The van der Waals surface area contributed by atoms with Gasteiger partial charge in [0.05, 0.1) is 44.0 Å². The van der Waals surface area contributed by atoms with E-state index >= 15 is 0 Å². The first kappa shape index (κ1) is 30.0. The molecule has 0 N–H and O–H groups in total. The van der Waals surface area contributed by atoms with Crippen molar-refractivity contribution < 1.29 is 31.6 Å². The number of carbonyl (C=O) groups excluding carboxylic acids is 1. The van der Waals surface area contributed by atoms with Gasteiger partial charge >= 0.3 is 0 Å². The molecule has 2 aliphatic rings. The zero-order chi connectivity index (χ0) is 29.9. The second kappa shape index (κ2) is 12.8. The van der Waals surface area contributed by atoms with Crippen LogP contribution in [0.2, 0.25) is 5.02 Å². The Kier molecular flexibility index (Phi) is 9.16. The van der Waals surface area contributed by atoms with E-state index in [1.807, 2.05) is 30.3 Å². The highest BCUT2D eigenvalue weighted by atomic mass is 35.5. The number of anilines is 1. The van der Waals surface area contributed by atoms with E-state index in [1.165, 1.54) is 0 Å². The zero-order valence-electron chi connectivity index (χ0n) is 23.7. The van der Waals surface area contributed by atoms with Gasteiger partial charge in [0.15, 0.2) is 0 Å². The van der Waals surface area contributed by atoms with Gasteiger partial charge in [-0.2, -0.15) is 8.42 Å². The van der Waals surface area contributed by atoms with Crippen LogP contribution in [-0.4, -0.2) is 82.1 Å². The molecule has 0 saturated carbocycles. The second-order valence-corrected chi connectivity index (χ2v) is 12.2. The molecule has 0 atom stereocenters. The number of hydrogen-bond donors (Lipinski definition) is 0. The van der Waals surface area contributed by atoms with Gasteiger partial charge in [0, 0.05) is 61.6 Å². The van der Waals surface area contributed by atoms with Crippen LogP contribution >= 0.6 is 11.6 Å². The van der Waals surface area contributed by atoms with E-state index in [4.69, 9.17) is 35.0 Å². The van der Waals surface area contributed by atoms with E-state index in [2.05, 4.69) is 9.88 Å². The largest absolute Gasteiger partial charge is 0.497 e. The molecule has 3 aromatic rings. The normalized spacial score (nSPS) is 15.5. The Balaban J connectivity index is 1.44. The molecule has 1 aromatic heterocycles. The number of benzene rings is 2. The van der Waals surface area contributed by atoms with Crippen LogP contribution in [0.3, 0.4) is 0 Å². The highest BCUT2D eigenvalue weighted by Gasteiger charge is 2.29. The van der Waals surface area contributed by atoms with Gasteiger partial charge in [0.2, 0.25) is 5.95 Å². The quantitative estimate of drug-likeness (QED) is 0.293. The first-order valence-corrected chi connectivity index (χ1v) is 15.7.